The summed E-state index contributed by atoms with van der Waals surface area (Å²) >= 11 is 0. The van der Waals surface area contributed by atoms with E-state index in [4.69, 9.17) is 0 Å². The number of amides is 1. The van der Waals surface area contributed by atoms with Crippen LogP contribution in [-0.4, -0.2) is 16.7 Å². The van der Waals surface area contributed by atoms with Crippen molar-refractivity contribution in [1.82, 2.24) is 5.43 Å². The van der Waals surface area contributed by atoms with E-state index >= 15 is 0 Å². The summed E-state index contributed by atoms with van der Waals surface area (Å²) in [6.07, 6.45) is 0.823. The Hall–Kier alpha value is -2.36. The number of benzene rings is 2. The van der Waals surface area contributed by atoms with E-state index in [1.165, 1.54) is 0 Å². The Morgan fingerprint density at radius 3 is 2.48 bits per heavy atom. The lowest BCUT2D eigenvalue weighted by Crippen LogP contribution is -2.19. The molecule has 0 aliphatic carbocycles. The van der Waals surface area contributed by atoms with E-state index in [1.807, 2.05) is 31.2 Å². The second-order valence-electron chi connectivity index (χ2n) is 5.60. The fourth-order valence-corrected chi connectivity index (χ4v) is 2.25. The molecule has 0 aliphatic heterocycles. The normalized spacial score (nSPS) is 11.9. The van der Waals surface area contributed by atoms with Crippen LogP contribution in [0.25, 0.3) is 10.8 Å². The Balaban J connectivity index is 2.21. The standard InChI is InChI=1S/C17H20N2O2/c1-11(2)8-12(3)18-19-17(21)15-9-13-6-4-5-7-14(13)10-16(15)20/h4-7,9-11,20H,8H2,1-3H3,(H,19,21). The van der Waals surface area contributed by atoms with Crippen molar-refractivity contribution in [2.75, 3.05) is 0 Å². The summed E-state index contributed by atoms with van der Waals surface area (Å²) < 4.78 is 0. The molecule has 0 atom stereocenters. The smallest absolute Gasteiger partial charge is 0.275 e. The third-order valence-electron chi connectivity index (χ3n) is 3.16. The number of hydrogen-bond acceptors (Lipinski definition) is 3. The quantitative estimate of drug-likeness (QED) is 0.664. The number of carbonyl (C=O) groups excluding carboxylic acids is 1. The second kappa shape index (κ2) is 6.39. The van der Waals surface area contributed by atoms with Gasteiger partial charge in [-0.15, -0.1) is 0 Å². The predicted molar refractivity (Wildman–Crippen MR) is 85.6 cm³/mol. The van der Waals surface area contributed by atoms with Crippen LogP contribution in [0.4, 0.5) is 0 Å². The van der Waals surface area contributed by atoms with Gasteiger partial charge in [-0.25, -0.2) is 5.43 Å². The Labute approximate surface area is 124 Å². The number of phenols is 1. The molecule has 0 saturated heterocycles. The zero-order valence-electron chi connectivity index (χ0n) is 12.6. The molecule has 4 nitrogen and oxygen atoms in total. The molecule has 21 heavy (non-hydrogen) atoms. The molecule has 0 spiro atoms. The molecule has 2 aromatic carbocycles. The molecule has 0 saturated carbocycles. The Morgan fingerprint density at radius 2 is 1.86 bits per heavy atom. The van der Waals surface area contributed by atoms with Crippen LogP contribution in [0.5, 0.6) is 5.75 Å². The van der Waals surface area contributed by atoms with E-state index in [9.17, 15) is 9.90 Å². The van der Waals surface area contributed by atoms with Crippen molar-refractivity contribution in [3.05, 3.63) is 42.0 Å². The van der Waals surface area contributed by atoms with Gasteiger partial charge in [0.05, 0.1) is 5.56 Å². The van der Waals surface area contributed by atoms with Gasteiger partial charge < -0.3 is 5.11 Å². The van der Waals surface area contributed by atoms with Crippen molar-refractivity contribution in [2.45, 2.75) is 27.2 Å². The molecule has 2 N–H and O–H groups in total. The van der Waals surface area contributed by atoms with Crippen molar-refractivity contribution in [3.63, 3.8) is 0 Å². The van der Waals surface area contributed by atoms with Crippen molar-refractivity contribution >= 4 is 22.4 Å². The minimum Gasteiger partial charge on any atom is -0.507 e. The number of nitrogens with one attached hydrogen (secondary N) is 1. The van der Waals surface area contributed by atoms with Gasteiger partial charge in [-0.3, -0.25) is 4.79 Å². The molecule has 0 bridgehead atoms. The first-order chi connectivity index (χ1) is 9.97. The lowest BCUT2D eigenvalue weighted by atomic mass is 10.1. The number of rotatable bonds is 4. The number of carbonyl (C=O) groups is 1. The second-order valence-corrected chi connectivity index (χ2v) is 5.60. The fraction of sp³-hybridized carbons (Fsp3) is 0.294. The molecule has 2 rings (SSSR count). The summed E-state index contributed by atoms with van der Waals surface area (Å²) in [4.78, 5) is 12.1. The summed E-state index contributed by atoms with van der Waals surface area (Å²) in [6, 6.07) is 10.8. The molecule has 110 valence electrons. The number of hydrazone groups is 1. The molecule has 0 aromatic heterocycles. The van der Waals surface area contributed by atoms with E-state index in [0.29, 0.717) is 5.92 Å². The van der Waals surface area contributed by atoms with Crippen molar-refractivity contribution in [1.29, 1.82) is 0 Å². The van der Waals surface area contributed by atoms with Crippen molar-refractivity contribution in [3.8, 4) is 5.75 Å². The first-order valence-electron chi connectivity index (χ1n) is 7.02. The predicted octanol–water partition coefficient (Wildman–Crippen LogP) is 3.70. The Kier molecular flexibility index (Phi) is 4.58. The van der Waals surface area contributed by atoms with Crippen molar-refractivity contribution < 1.29 is 9.90 Å². The van der Waals surface area contributed by atoms with Crippen LogP contribution in [0.1, 0.15) is 37.6 Å². The van der Waals surface area contributed by atoms with Crippen LogP contribution >= 0.6 is 0 Å². The number of aromatic hydroxyl groups is 1. The fourth-order valence-electron chi connectivity index (χ4n) is 2.25. The Morgan fingerprint density at radius 1 is 1.24 bits per heavy atom. The highest BCUT2D eigenvalue weighted by Gasteiger charge is 2.12. The third kappa shape index (κ3) is 3.81. The highest BCUT2D eigenvalue weighted by atomic mass is 16.3. The van der Waals surface area contributed by atoms with Gasteiger partial charge in [-0.1, -0.05) is 38.1 Å². The zero-order chi connectivity index (χ0) is 15.4. The maximum Gasteiger partial charge on any atom is 0.275 e. The highest BCUT2D eigenvalue weighted by molar-refractivity contribution is 6.01. The van der Waals surface area contributed by atoms with Gasteiger partial charge in [0.25, 0.3) is 5.91 Å². The largest absolute Gasteiger partial charge is 0.507 e. The van der Waals surface area contributed by atoms with E-state index in [1.54, 1.807) is 12.1 Å². The van der Waals surface area contributed by atoms with E-state index in [2.05, 4.69) is 24.4 Å². The highest BCUT2D eigenvalue weighted by Crippen LogP contribution is 2.24. The van der Waals surface area contributed by atoms with Gasteiger partial charge in [-0.05, 0) is 42.2 Å². The van der Waals surface area contributed by atoms with Gasteiger partial charge in [0.1, 0.15) is 5.75 Å². The molecule has 0 aliphatic rings. The van der Waals surface area contributed by atoms with Crippen LogP contribution < -0.4 is 5.43 Å². The van der Waals surface area contributed by atoms with Crippen LogP contribution in [0.3, 0.4) is 0 Å². The van der Waals surface area contributed by atoms with Crippen LogP contribution in [0.2, 0.25) is 0 Å². The first-order valence-corrected chi connectivity index (χ1v) is 7.02. The number of nitrogens with zero attached hydrogens (tertiary/aromatic N) is 1. The minimum atomic E-state index is -0.402. The van der Waals surface area contributed by atoms with Gasteiger partial charge in [0.2, 0.25) is 0 Å². The molecular weight excluding hydrogens is 264 g/mol. The maximum atomic E-state index is 12.1. The number of hydrogen-bond donors (Lipinski definition) is 2. The molecule has 0 fully saturated rings. The van der Waals surface area contributed by atoms with Gasteiger partial charge >= 0.3 is 0 Å². The van der Waals surface area contributed by atoms with E-state index in [0.717, 1.165) is 22.9 Å². The molecule has 1 amide bonds. The molecule has 0 unspecified atom stereocenters. The molecular formula is C17H20N2O2. The lowest BCUT2D eigenvalue weighted by Gasteiger charge is -2.07. The average Bonchev–Trinajstić information content (AvgIpc) is 2.43. The summed E-state index contributed by atoms with van der Waals surface area (Å²) in [5.41, 5.74) is 3.59. The van der Waals surface area contributed by atoms with E-state index in [-0.39, 0.29) is 11.3 Å². The molecule has 0 radical (unpaired) electrons. The van der Waals surface area contributed by atoms with Crippen LogP contribution in [-0.2, 0) is 0 Å². The third-order valence-corrected chi connectivity index (χ3v) is 3.16. The van der Waals surface area contributed by atoms with Gasteiger partial charge in [0, 0.05) is 5.71 Å². The lowest BCUT2D eigenvalue weighted by molar-refractivity contribution is 0.0952. The van der Waals surface area contributed by atoms with Crippen LogP contribution in [0.15, 0.2) is 41.5 Å². The van der Waals surface area contributed by atoms with Crippen LogP contribution in [0, 0.1) is 5.92 Å². The topological polar surface area (TPSA) is 61.7 Å². The Bertz CT molecular complexity index is 690. The maximum absolute atomic E-state index is 12.1. The summed E-state index contributed by atoms with van der Waals surface area (Å²) in [7, 11) is 0. The molecule has 0 heterocycles. The molecule has 2 aromatic rings. The van der Waals surface area contributed by atoms with Gasteiger partial charge in [-0.2, -0.15) is 5.10 Å². The number of phenolic OH excluding ortho intramolecular Hbond substituents is 1. The monoisotopic (exact) mass is 284 g/mol. The summed E-state index contributed by atoms with van der Waals surface area (Å²) in [6.45, 7) is 6.06. The minimum absolute atomic E-state index is 0.0390. The zero-order valence-corrected chi connectivity index (χ0v) is 12.6. The van der Waals surface area contributed by atoms with Crippen molar-refractivity contribution in [2.24, 2.45) is 11.0 Å². The SMILES string of the molecule is CC(CC(C)C)=NNC(=O)c1cc2ccccc2cc1O. The van der Waals surface area contributed by atoms with Gasteiger partial charge in [0.15, 0.2) is 0 Å². The van der Waals surface area contributed by atoms with E-state index < -0.39 is 5.91 Å². The average molecular weight is 284 g/mol. The number of fused-ring (bicyclic) bond motifs is 1. The summed E-state index contributed by atoms with van der Waals surface area (Å²) in [5, 5.41) is 15.8. The first kappa shape index (κ1) is 15.0. The summed E-state index contributed by atoms with van der Waals surface area (Å²) in [5.74, 6) is 0.0454. The molecule has 4 heteroatoms.